The highest BCUT2D eigenvalue weighted by molar-refractivity contribution is 5.86. The molecule has 1 fully saturated rings. The molecular formula is C12H24N2O2. The van der Waals surface area contributed by atoms with Gasteiger partial charge in [-0.25, -0.2) is 0 Å². The van der Waals surface area contributed by atoms with Crippen LogP contribution in [0, 0.1) is 0 Å². The van der Waals surface area contributed by atoms with E-state index in [1.807, 2.05) is 18.7 Å². The van der Waals surface area contributed by atoms with Crippen LogP contribution in [0.1, 0.15) is 34.1 Å². The lowest BCUT2D eigenvalue weighted by Gasteiger charge is -2.47. The maximum Gasteiger partial charge on any atom is 0.242 e. The van der Waals surface area contributed by atoms with Crippen molar-refractivity contribution in [3.63, 3.8) is 0 Å². The number of nitrogens with zero attached hydrogens (tertiary/aromatic N) is 1. The molecule has 1 saturated heterocycles. The number of carbonyl (C=O) groups excluding carboxylic acids is 1. The summed E-state index contributed by atoms with van der Waals surface area (Å²) in [5.74, 6) is 0.183. The van der Waals surface area contributed by atoms with Gasteiger partial charge in [-0.2, -0.15) is 0 Å². The van der Waals surface area contributed by atoms with E-state index in [1.165, 1.54) is 0 Å². The Balaban J connectivity index is 2.64. The Morgan fingerprint density at radius 3 is 2.56 bits per heavy atom. The van der Waals surface area contributed by atoms with Crippen LogP contribution in [0.2, 0.25) is 0 Å². The van der Waals surface area contributed by atoms with Gasteiger partial charge in [0, 0.05) is 32.3 Å². The average molecular weight is 228 g/mol. The molecule has 0 aromatic heterocycles. The molecule has 0 aromatic carbocycles. The SMILES string of the molecule is COCCCN1CC(C)(C)NC(C)(C)C1=O. The first-order valence-electron chi connectivity index (χ1n) is 5.86. The third kappa shape index (κ3) is 3.19. The fraction of sp³-hybridized carbons (Fsp3) is 0.917. The average Bonchev–Trinajstić information content (AvgIpc) is 2.11. The summed E-state index contributed by atoms with van der Waals surface area (Å²) in [6.45, 7) is 10.4. The van der Waals surface area contributed by atoms with Gasteiger partial charge in [-0.1, -0.05) is 0 Å². The molecule has 0 bridgehead atoms. The molecule has 0 aromatic rings. The first-order chi connectivity index (χ1) is 7.28. The van der Waals surface area contributed by atoms with Crippen molar-refractivity contribution < 1.29 is 9.53 Å². The summed E-state index contributed by atoms with van der Waals surface area (Å²) < 4.78 is 5.02. The molecule has 0 saturated carbocycles. The normalized spacial score (nSPS) is 23.6. The summed E-state index contributed by atoms with van der Waals surface area (Å²) in [5.41, 5.74) is -0.487. The molecule has 16 heavy (non-hydrogen) atoms. The monoisotopic (exact) mass is 228 g/mol. The molecule has 1 aliphatic rings. The second-order valence-corrected chi connectivity index (χ2v) is 5.71. The summed E-state index contributed by atoms with van der Waals surface area (Å²) in [6.07, 6.45) is 0.897. The number of carbonyl (C=O) groups is 1. The van der Waals surface area contributed by atoms with E-state index >= 15 is 0 Å². The number of amides is 1. The van der Waals surface area contributed by atoms with Gasteiger partial charge in [0.1, 0.15) is 0 Å². The van der Waals surface area contributed by atoms with Crippen molar-refractivity contribution in [1.29, 1.82) is 0 Å². The zero-order valence-electron chi connectivity index (χ0n) is 11.1. The molecule has 1 heterocycles. The highest BCUT2D eigenvalue weighted by Gasteiger charge is 2.42. The van der Waals surface area contributed by atoms with E-state index in [2.05, 4.69) is 19.2 Å². The smallest absolute Gasteiger partial charge is 0.242 e. The van der Waals surface area contributed by atoms with Crippen molar-refractivity contribution in [2.24, 2.45) is 0 Å². The second kappa shape index (κ2) is 4.72. The van der Waals surface area contributed by atoms with Crippen LogP contribution in [-0.4, -0.2) is 48.7 Å². The van der Waals surface area contributed by atoms with Gasteiger partial charge in [-0.3, -0.25) is 10.1 Å². The summed E-state index contributed by atoms with van der Waals surface area (Å²) in [5, 5.41) is 3.38. The lowest BCUT2D eigenvalue weighted by atomic mass is 9.90. The largest absolute Gasteiger partial charge is 0.385 e. The Kier molecular flexibility index (Phi) is 3.97. The fourth-order valence-electron chi connectivity index (χ4n) is 2.46. The number of nitrogens with one attached hydrogen (secondary N) is 1. The number of hydrogen-bond donors (Lipinski definition) is 1. The van der Waals surface area contributed by atoms with Gasteiger partial charge in [0.15, 0.2) is 0 Å². The first-order valence-corrected chi connectivity index (χ1v) is 5.86. The lowest BCUT2D eigenvalue weighted by molar-refractivity contribution is -0.143. The number of ether oxygens (including phenoxy) is 1. The Labute approximate surface area is 98.3 Å². The van der Waals surface area contributed by atoms with Crippen LogP contribution >= 0.6 is 0 Å². The van der Waals surface area contributed by atoms with Crippen molar-refractivity contribution in [1.82, 2.24) is 10.2 Å². The van der Waals surface area contributed by atoms with Gasteiger partial charge >= 0.3 is 0 Å². The van der Waals surface area contributed by atoms with Gasteiger partial charge in [0.05, 0.1) is 5.54 Å². The minimum Gasteiger partial charge on any atom is -0.385 e. The molecule has 4 heteroatoms. The first kappa shape index (κ1) is 13.5. The van der Waals surface area contributed by atoms with Crippen LogP contribution < -0.4 is 5.32 Å². The molecular weight excluding hydrogens is 204 g/mol. The van der Waals surface area contributed by atoms with Gasteiger partial charge in [0.2, 0.25) is 5.91 Å². The predicted molar refractivity (Wildman–Crippen MR) is 64.4 cm³/mol. The molecule has 0 radical (unpaired) electrons. The van der Waals surface area contributed by atoms with Crippen LogP contribution in [0.3, 0.4) is 0 Å². The van der Waals surface area contributed by atoms with Crippen LogP contribution in [0.4, 0.5) is 0 Å². The zero-order chi connectivity index (χ0) is 12.4. The van der Waals surface area contributed by atoms with E-state index in [1.54, 1.807) is 7.11 Å². The summed E-state index contributed by atoms with van der Waals surface area (Å²) in [4.78, 5) is 14.1. The molecule has 0 spiro atoms. The molecule has 0 atom stereocenters. The summed E-state index contributed by atoms with van der Waals surface area (Å²) in [6, 6.07) is 0. The van der Waals surface area contributed by atoms with Crippen molar-refractivity contribution >= 4 is 5.91 Å². The summed E-state index contributed by atoms with van der Waals surface area (Å²) >= 11 is 0. The van der Waals surface area contributed by atoms with Crippen LogP contribution in [-0.2, 0) is 9.53 Å². The maximum absolute atomic E-state index is 12.2. The zero-order valence-corrected chi connectivity index (χ0v) is 11.1. The summed E-state index contributed by atoms with van der Waals surface area (Å²) in [7, 11) is 1.69. The van der Waals surface area contributed by atoms with Crippen molar-refractivity contribution in [2.45, 2.75) is 45.2 Å². The van der Waals surface area contributed by atoms with Gasteiger partial charge in [0.25, 0.3) is 0 Å². The Hall–Kier alpha value is -0.610. The predicted octanol–water partition coefficient (Wildman–Crippen LogP) is 1.01. The van der Waals surface area contributed by atoms with Crippen LogP contribution in [0.15, 0.2) is 0 Å². The number of hydrogen-bond acceptors (Lipinski definition) is 3. The minimum atomic E-state index is -0.463. The van der Waals surface area contributed by atoms with Crippen LogP contribution in [0.5, 0.6) is 0 Å². The van der Waals surface area contributed by atoms with Gasteiger partial charge in [-0.05, 0) is 34.1 Å². The molecule has 0 aliphatic carbocycles. The lowest BCUT2D eigenvalue weighted by Crippen LogP contribution is -2.69. The molecule has 4 nitrogen and oxygen atoms in total. The fourth-order valence-corrected chi connectivity index (χ4v) is 2.46. The highest BCUT2D eigenvalue weighted by Crippen LogP contribution is 2.22. The standard InChI is InChI=1S/C12H24N2O2/c1-11(2)9-14(7-6-8-16-5)10(15)12(3,4)13-11/h13H,6-9H2,1-5H3. The molecule has 0 unspecified atom stereocenters. The molecule has 1 rings (SSSR count). The van der Waals surface area contributed by atoms with E-state index in [4.69, 9.17) is 4.74 Å². The van der Waals surface area contributed by atoms with E-state index in [0.717, 1.165) is 19.5 Å². The Bertz CT molecular complexity index is 262. The van der Waals surface area contributed by atoms with Crippen molar-refractivity contribution in [2.75, 3.05) is 26.8 Å². The maximum atomic E-state index is 12.2. The second-order valence-electron chi connectivity index (χ2n) is 5.71. The minimum absolute atomic E-state index is 0.0233. The van der Waals surface area contributed by atoms with Gasteiger partial charge in [-0.15, -0.1) is 0 Å². The Morgan fingerprint density at radius 1 is 1.38 bits per heavy atom. The van der Waals surface area contributed by atoms with E-state index in [9.17, 15) is 4.79 Å². The third-order valence-electron chi connectivity index (χ3n) is 2.84. The van der Waals surface area contributed by atoms with E-state index in [-0.39, 0.29) is 11.4 Å². The molecule has 1 N–H and O–H groups in total. The third-order valence-corrected chi connectivity index (χ3v) is 2.84. The van der Waals surface area contributed by atoms with Crippen molar-refractivity contribution in [3.05, 3.63) is 0 Å². The number of rotatable bonds is 4. The van der Waals surface area contributed by atoms with E-state index < -0.39 is 5.54 Å². The highest BCUT2D eigenvalue weighted by atomic mass is 16.5. The molecule has 1 amide bonds. The van der Waals surface area contributed by atoms with E-state index in [0.29, 0.717) is 6.61 Å². The quantitative estimate of drug-likeness (QED) is 0.730. The molecule has 94 valence electrons. The number of piperazine rings is 1. The van der Waals surface area contributed by atoms with Gasteiger partial charge < -0.3 is 9.64 Å². The molecule has 1 aliphatic heterocycles. The van der Waals surface area contributed by atoms with Crippen LogP contribution in [0.25, 0.3) is 0 Å². The topological polar surface area (TPSA) is 41.6 Å². The Morgan fingerprint density at radius 2 is 2.00 bits per heavy atom. The van der Waals surface area contributed by atoms with Crippen molar-refractivity contribution in [3.8, 4) is 0 Å². The number of methoxy groups -OCH3 is 1.